The number of amides is 1. The Balaban J connectivity index is 1.87. The highest BCUT2D eigenvalue weighted by Crippen LogP contribution is 2.31. The molecular weight excluding hydrogens is 305 g/mol. The number of aromatic nitrogens is 2. The van der Waals surface area contributed by atoms with Gasteiger partial charge >= 0.3 is 0 Å². The molecule has 0 bridgehead atoms. The van der Waals surface area contributed by atoms with Crippen LogP contribution >= 0.6 is 0 Å². The van der Waals surface area contributed by atoms with Gasteiger partial charge in [0.05, 0.1) is 6.04 Å². The molecule has 1 amide bonds. The Morgan fingerprint density at radius 2 is 2.21 bits per heavy atom. The first-order chi connectivity index (χ1) is 11.7. The summed E-state index contributed by atoms with van der Waals surface area (Å²) in [5.41, 5.74) is 2.31. The number of halogens is 1. The Hall–Kier alpha value is -2.17. The number of likely N-dealkylation sites (tertiary alicyclic amines) is 1. The van der Waals surface area contributed by atoms with Crippen molar-refractivity contribution in [1.29, 1.82) is 0 Å². The number of aryl methyl sites for hydroxylation is 1. The molecule has 0 spiro atoms. The second kappa shape index (κ2) is 7.60. The summed E-state index contributed by atoms with van der Waals surface area (Å²) in [6.45, 7) is 2.78. The summed E-state index contributed by atoms with van der Waals surface area (Å²) in [5.74, 6) is -0.320. The van der Waals surface area contributed by atoms with E-state index in [-0.39, 0.29) is 17.8 Å². The lowest BCUT2D eigenvalue weighted by molar-refractivity contribution is 0.0674. The standard InChI is InChI=1S/C19H24FN3O/c1-2-7-16-13-17(22-21-16)19(24)23-11-5-3-4-10-18(23)14-8-6-9-15(20)12-14/h6,8-9,12-13,18H,2-5,7,10-11H2,1H3,(H,21,22)/t18-/m0/s1. The maximum atomic E-state index is 13.6. The van der Waals surface area contributed by atoms with Crippen LogP contribution < -0.4 is 0 Å². The molecule has 2 aromatic rings. The zero-order valence-corrected chi connectivity index (χ0v) is 14.1. The summed E-state index contributed by atoms with van der Waals surface area (Å²) < 4.78 is 13.6. The monoisotopic (exact) mass is 329 g/mol. The first-order valence-corrected chi connectivity index (χ1v) is 8.79. The van der Waals surface area contributed by atoms with Crippen LogP contribution in [0.5, 0.6) is 0 Å². The SMILES string of the molecule is CCCc1cc(C(=O)N2CCCCC[C@H]2c2cccc(F)c2)n[nH]1. The number of aromatic amines is 1. The van der Waals surface area contributed by atoms with Crippen LogP contribution in [0.25, 0.3) is 0 Å². The van der Waals surface area contributed by atoms with Gasteiger partial charge in [-0.25, -0.2) is 4.39 Å². The lowest BCUT2D eigenvalue weighted by Crippen LogP contribution is -2.35. The number of carbonyl (C=O) groups excluding carboxylic acids is 1. The summed E-state index contributed by atoms with van der Waals surface area (Å²) >= 11 is 0. The third kappa shape index (κ3) is 3.66. The molecule has 5 heteroatoms. The van der Waals surface area contributed by atoms with E-state index >= 15 is 0 Å². The van der Waals surface area contributed by atoms with Gasteiger partial charge in [0.15, 0.2) is 0 Å². The molecule has 4 nitrogen and oxygen atoms in total. The summed E-state index contributed by atoms with van der Waals surface area (Å²) in [7, 11) is 0. The van der Waals surface area contributed by atoms with Crippen molar-refractivity contribution in [1.82, 2.24) is 15.1 Å². The molecule has 3 rings (SSSR count). The lowest BCUT2D eigenvalue weighted by atomic mass is 10.0. The predicted molar refractivity (Wildman–Crippen MR) is 91.2 cm³/mol. The normalized spacial score (nSPS) is 18.4. The van der Waals surface area contributed by atoms with E-state index in [9.17, 15) is 9.18 Å². The number of benzene rings is 1. The molecule has 1 atom stereocenters. The second-order valence-electron chi connectivity index (χ2n) is 6.45. The van der Waals surface area contributed by atoms with Gasteiger partial charge < -0.3 is 4.90 Å². The molecule has 0 aliphatic carbocycles. The molecule has 24 heavy (non-hydrogen) atoms. The van der Waals surface area contributed by atoms with Gasteiger partial charge in [0.1, 0.15) is 11.5 Å². The maximum Gasteiger partial charge on any atom is 0.274 e. The second-order valence-corrected chi connectivity index (χ2v) is 6.45. The summed E-state index contributed by atoms with van der Waals surface area (Å²) in [6, 6.07) is 8.38. The van der Waals surface area contributed by atoms with Crippen LogP contribution in [-0.2, 0) is 6.42 Å². The molecular formula is C19H24FN3O. The van der Waals surface area contributed by atoms with Crippen molar-refractivity contribution in [2.75, 3.05) is 6.54 Å². The predicted octanol–water partition coefficient (Wildman–Crippen LogP) is 4.26. The fourth-order valence-corrected chi connectivity index (χ4v) is 3.43. The van der Waals surface area contributed by atoms with Crippen LogP contribution in [0.15, 0.2) is 30.3 Å². The number of nitrogens with one attached hydrogen (secondary N) is 1. The topological polar surface area (TPSA) is 49.0 Å². The molecule has 0 unspecified atom stereocenters. The molecule has 1 aliphatic heterocycles. The van der Waals surface area contributed by atoms with Gasteiger partial charge in [-0.3, -0.25) is 9.89 Å². The third-order valence-electron chi connectivity index (χ3n) is 4.62. The molecule has 1 fully saturated rings. The van der Waals surface area contributed by atoms with E-state index in [0.29, 0.717) is 12.2 Å². The number of nitrogens with zero attached hydrogens (tertiary/aromatic N) is 2. The molecule has 1 N–H and O–H groups in total. The quantitative estimate of drug-likeness (QED) is 0.911. The van der Waals surface area contributed by atoms with Gasteiger partial charge in [-0.15, -0.1) is 0 Å². The number of rotatable bonds is 4. The van der Waals surface area contributed by atoms with Crippen LogP contribution in [0, 0.1) is 5.82 Å². The van der Waals surface area contributed by atoms with E-state index in [0.717, 1.165) is 49.8 Å². The summed E-state index contributed by atoms with van der Waals surface area (Å²) in [4.78, 5) is 14.9. The van der Waals surface area contributed by atoms with E-state index in [1.54, 1.807) is 12.1 Å². The van der Waals surface area contributed by atoms with Crippen LogP contribution in [0.4, 0.5) is 4.39 Å². The average Bonchev–Trinajstić information content (AvgIpc) is 2.90. The van der Waals surface area contributed by atoms with Crippen LogP contribution in [0.3, 0.4) is 0 Å². The molecule has 1 saturated heterocycles. The molecule has 0 radical (unpaired) electrons. The fourth-order valence-electron chi connectivity index (χ4n) is 3.43. The minimum absolute atomic E-state index is 0.0650. The Labute approximate surface area is 142 Å². The highest BCUT2D eigenvalue weighted by molar-refractivity contribution is 5.92. The number of H-pyrrole nitrogens is 1. The Kier molecular flexibility index (Phi) is 5.28. The van der Waals surface area contributed by atoms with Gasteiger partial charge in [-0.05, 0) is 43.0 Å². The zero-order valence-electron chi connectivity index (χ0n) is 14.1. The summed E-state index contributed by atoms with van der Waals surface area (Å²) in [6.07, 6.45) is 5.87. The van der Waals surface area contributed by atoms with E-state index in [4.69, 9.17) is 0 Å². The van der Waals surface area contributed by atoms with Crippen molar-refractivity contribution in [3.8, 4) is 0 Å². The van der Waals surface area contributed by atoms with E-state index in [1.165, 1.54) is 6.07 Å². The van der Waals surface area contributed by atoms with Crippen molar-refractivity contribution in [3.63, 3.8) is 0 Å². The Bertz CT molecular complexity index is 697. The zero-order chi connectivity index (χ0) is 16.9. The van der Waals surface area contributed by atoms with Crippen molar-refractivity contribution < 1.29 is 9.18 Å². The highest BCUT2D eigenvalue weighted by Gasteiger charge is 2.29. The van der Waals surface area contributed by atoms with Gasteiger partial charge in [-0.1, -0.05) is 38.3 Å². The third-order valence-corrected chi connectivity index (χ3v) is 4.62. The molecule has 128 valence electrons. The smallest absolute Gasteiger partial charge is 0.274 e. The fraction of sp³-hybridized carbons (Fsp3) is 0.474. The van der Waals surface area contributed by atoms with Crippen molar-refractivity contribution >= 4 is 5.91 Å². The van der Waals surface area contributed by atoms with Crippen LogP contribution in [0.1, 0.15) is 66.8 Å². The van der Waals surface area contributed by atoms with E-state index in [1.807, 2.05) is 17.0 Å². The molecule has 2 heterocycles. The van der Waals surface area contributed by atoms with E-state index < -0.39 is 0 Å². The minimum atomic E-state index is -0.255. The van der Waals surface area contributed by atoms with Crippen molar-refractivity contribution in [2.24, 2.45) is 0 Å². The first kappa shape index (κ1) is 16.7. The first-order valence-electron chi connectivity index (χ1n) is 8.79. The average molecular weight is 329 g/mol. The lowest BCUT2D eigenvalue weighted by Gasteiger charge is -2.30. The molecule has 1 aromatic heterocycles. The van der Waals surface area contributed by atoms with Crippen LogP contribution in [-0.4, -0.2) is 27.5 Å². The van der Waals surface area contributed by atoms with Crippen molar-refractivity contribution in [2.45, 2.75) is 51.5 Å². The van der Waals surface area contributed by atoms with Gasteiger partial charge in [0, 0.05) is 12.2 Å². The van der Waals surface area contributed by atoms with Gasteiger partial charge in [0.2, 0.25) is 0 Å². The summed E-state index contributed by atoms with van der Waals surface area (Å²) in [5, 5.41) is 7.14. The van der Waals surface area contributed by atoms with Gasteiger partial charge in [-0.2, -0.15) is 5.10 Å². The number of hydrogen-bond donors (Lipinski definition) is 1. The maximum absolute atomic E-state index is 13.6. The Morgan fingerprint density at radius 1 is 1.33 bits per heavy atom. The Morgan fingerprint density at radius 3 is 3.00 bits per heavy atom. The minimum Gasteiger partial charge on any atom is -0.330 e. The highest BCUT2D eigenvalue weighted by atomic mass is 19.1. The molecule has 0 saturated carbocycles. The van der Waals surface area contributed by atoms with Crippen LogP contribution in [0.2, 0.25) is 0 Å². The molecule has 1 aliphatic rings. The van der Waals surface area contributed by atoms with E-state index in [2.05, 4.69) is 17.1 Å². The van der Waals surface area contributed by atoms with Gasteiger partial charge in [0.25, 0.3) is 5.91 Å². The van der Waals surface area contributed by atoms with Crippen molar-refractivity contribution in [3.05, 3.63) is 53.1 Å². The number of hydrogen-bond acceptors (Lipinski definition) is 2. The largest absolute Gasteiger partial charge is 0.330 e. The molecule has 1 aromatic carbocycles. The number of carbonyl (C=O) groups is 1.